The molecule has 2 rings (SSSR count). The number of rotatable bonds is 2. The van der Waals surface area contributed by atoms with Gasteiger partial charge >= 0.3 is 0 Å². The van der Waals surface area contributed by atoms with E-state index >= 15 is 0 Å². The van der Waals surface area contributed by atoms with Gasteiger partial charge in [-0.25, -0.2) is 8.42 Å². The molecule has 14 heavy (non-hydrogen) atoms. The summed E-state index contributed by atoms with van der Waals surface area (Å²) in [6, 6.07) is 0.326. The van der Waals surface area contributed by atoms with Crippen LogP contribution in [0.4, 0.5) is 0 Å². The van der Waals surface area contributed by atoms with E-state index in [0.29, 0.717) is 12.0 Å². The Balaban J connectivity index is 2.10. The average molecular weight is 217 g/mol. The zero-order valence-corrected chi connectivity index (χ0v) is 9.59. The molecule has 0 bridgehead atoms. The first kappa shape index (κ1) is 10.4. The van der Waals surface area contributed by atoms with Crippen molar-refractivity contribution in [2.24, 2.45) is 5.92 Å². The lowest BCUT2D eigenvalue weighted by molar-refractivity contribution is 0.290. The topological polar surface area (TPSA) is 37.4 Å². The zero-order valence-electron chi connectivity index (χ0n) is 8.78. The predicted molar refractivity (Wildman–Crippen MR) is 56.5 cm³/mol. The second kappa shape index (κ2) is 3.81. The van der Waals surface area contributed by atoms with Crippen LogP contribution in [0, 0.1) is 5.92 Å². The summed E-state index contributed by atoms with van der Waals surface area (Å²) in [6.07, 6.45) is 8.52. The van der Waals surface area contributed by atoms with Crippen molar-refractivity contribution >= 4 is 10.0 Å². The van der Waals surface area contributed by atoms with E-state index < -0.39 is 10.0 Å². The molecule has 3 nitrogen and oxygen atoms in total. The van der Waals surface area contributed by atoms with Crippen LogP contribution in [0.3, 0.4) is 0 Å². The van der Waals surface area contributed by atoms with Crippen LogP contribution in [0.2, 0.25) is 0 Å². The van der Waals surface area contributed by atoms with Crippen LogP contribution in [0.25, 0.3) is 0 Å². The molecule has 0 radical (unpaired) electrons. The summed E-state index contributed by atoms with van der Waals surface area (Å²) in [5.74, 6) is 0.646. The highest BCUT2D eigenvalue weighted by Crippen LogP contribution is 2.36. The van der Waals surface area contributed by atoms with Crippen molar-refractivity contribution in [3.05, 3.63) is 0 Å². The van der Waals surface area contributed by atoms with Crippen molar-refractivity contribution < 1.29 is 8.42 Å². The molecule has 0 amide bonds. The minimum absolute atomic E-state index is 0.326. The van der Waals surface area contributed by atoms with Gasteiger partial charge in [0.25, 0.3) is 0 Å². The predicted octanol–water partition coefficient (Wildman–Crippen LogP) is 1.60. The van der Waals surface area contributed by atoms with Gasteiger partial charge in [-0.1, -0.05) is 12.8 Å². The Morgan fingerprint density at radius 2 is 1.71 bits per heavy atom. The van der Waals surface area contributed by atoms with Crippen LogP contribution in [-0.4, -0.2) is 31.6 Å². The summed E-state index contributed by atoms with van der Waals surface area (Å²) < 4.78 is 24.8. The third-order valence-corrected chi connectivity index (χ3v) is 4.92. The minimum Gasteiger partial charge on any atom is -0.212 e. The van der Waals surface area contributed by atoms with E-state index in [2.05, 4.69) is 0 Å². The number of hydrogen-bond donors (Lipinski definition) is 0. The molecule has 0 N–H and O–H groups in total. The summed E-state index contributed by atoms with van der Waals surface area (Å²) in [4.78, 5) is 0. The summed E-state index contributed by atoms with van der Waals surface area (Å²) in [7, 11) is -2.96. The van der Waals surface area contributed by atoms with Crippen LogP contribution in [0.15, 0.2) is 0 Å². The van der Waals surface area contributed by atoms with Crippen LogP contribution in [0.1, 0.15) is 38.5 Å². The minimum atomic E-state index is -2.96. The van der Waals surface area contributed by atoms with Crippen molar-refractivity contribution in [1.82, 2.24) is 4.31 Å². The summed E-state index contributed by atoms with van der Waals surface area (Å²) in [5, 5.41) is 0. The molecule has 0 aromatic heterocycles. The van der Waals surface area contributed by atoms with Crippen molar-refractivity contribution in [3.63, 3.8) is 0 Å². The lowest BCUT2D eigenvalue weighted by Gasteiger charge is -2.27. The van der Waals surface area contributed by atoms with Crippen molar-refractivity contribution in [3.8, 4) is 0 Å². The molecule has 1 saturated carbocycles. The Kier molecular flexibility index (Phi) is 2.84. The molecule has 0 aromatic carbocycles. The number of hydrogen-bond acceptors (Lipinski definition) is 2. The highest BCUT2D eigenvalue weighted by Gasteiger charge is 2.37. The first-order chi connectivity index (χ1) is 6.59. The van der Waals surface area contributed by atoms with Crippen molar-refractivity contribution in [2.45, 2.75) is 44.6 Å². The Hall–Kier alpha value is -0.0900. The third-order valence-electron chi connectivity index (χ3n) is 3.62. The molecule has 1 aliphatic carbocycles. The molecule has 0 spiro atoms. The largest absolute Gasteiger partial charge is 0.212 e. The fourth-order valence-corrected chi connectivity index (χ4v) is 4.22. The van der Waals surface area contributed by atoms with Gasteiger partial charge in [0.05, 0.1) is 6.26 Å². The molecule has 1 aliphatic heterocycles. The second-order valence-corrected chi connectivity index (χ2v) is 6.56. The molecular weight excluding hydrogens is 198 g/mol. The SMILES string of the molecule is CS(=O)(=O)N1CCCC1C1CCCC1. The lowest BCUT2D eigenvalue weighted by atomic mass is 9.97. The smallest absolute Gasteiger partial charge is 0.211 e. The van der Waals surface area contributed by atoms with E-state index in [1.54, 1.807) is 4.31 Å². The van der Waals surface area contributed by atoms with Crippen LogP contribution < -0.4 is 0 Å². The molecule has 1 heterocycles. The van der Waals surface area contributed by atoms with E-state index in [-0.39, 0.29) is 0 Å². The maximum absolute atomic E-state index is 11.5. The molecule has 82 valence electrons. The van der Waals surface area contributed by atoms with Gasteiger partial charge in [-0.2, -0.15) is 4.31 Å². The molecule has 1 atom stereocenters. The van der Waals surface area contributed by atoms with Crippen LogP contribution >= 0.6 is 0 Å². The quantitative estimate of drug-likeness (QED) is 0.704. The standard InChI is InChI=1S/C10H19NO2S/c1-14(12,13)11-8-4-7-10(11)9-5-2-3-6-9/h9-10H,2-8H2,1H3. The number of sulfonamides is 1. The van der Waals surface area contributed by atoms with Gasteiger partial charge < -0.3 is 0 Å². The highest BCUT2D eigenvalue weighted by atomic mass is 32.2. The molecule has 4 heteroatoms. The van der Waals surface area contributed by atoms with E-state index in [0.717, 1.165) is 19.4 Å². The molecule has 2 fully saturated rings. The highest BCUT2D eigenvalue weighted by molar-refractivity contribution is 7.88. The van der Waals surface area contributed by atoms with E-state index in [1.807, 2.05) is 0 Å². The molecule has 1 unspecified atom stereocenters. The van der Waals surface area contributed by atoms with Crippen LogP contribution in [-0.2, 0) is 10.0 Å². The Labute approximate surface area is 86.5 Å². The van der Waals surface area contributed by atoms with E-state index in [9.17, 15) is 8.42 Å². The first-order valence-electron chi connectivity index (χ1n) is 5.56. The normalized spacial score (nSPS) is 31.4. The maximum atomic E-state index is 11.5. The van der Waals surface area contributed by atoms with Gasteiger partial charge in [-0.3, -0.25) is 0 Å². The monoisotopic (exact) mass is 217 g/mol. The van der Waals surface area contributed by atoms with Crippen molar-refractivity contribution in [1.29, 1.82) is 0 Å². The summed E-state index contributed by atoms with van der Waals surface area (Å²) in [5.41, 5.74) is 0. The molecule has 2 aliphatic rings. The summed E-state index contributed by atoms with van der Waals surface area (Å²) in [6.45, 7) is 0.750. The summed E-state index contributed by atoms with van der Waals surface area (Å²) >= 11 is 0. The Bertz CT molecular complexity index is 293. The molecular formula is C10H19NO2S. The first-order valence-corrected chi connectivity index (χ1v) is 7.40. The van der Waals surface area contributed by atoms with E-state index in [1.165, 1.54) is 31.9 Å². The third kappa shape index (κ3) is 1.96. The van der Waals surface area contributed by atoms with Crippen LogP contribution in [0.5, 0.6) is 0 Å². The van der Waals surface area contributed by atoms with Gasteiger partial charge in [0, 0.05) is 12.6 Å². The van der Waals surface area contributed by atoms with Crippen molar-refractivity contribution in [2.75, 3.05) is 12.8 Å². The van der Waals surface area contributed by atoms with Gasteiger partial charge in [0.2, 0.25) is 10.0 Å². The maximum Gasteiger partial charge on any atom is 0.211 e. The van der Waals surface area contributed by atoms with Gasteiger partial charge in [-0.15, -0.1) is 0 Å². The lowest BCUT2D eigenvalue weighted by Crippen LogP contribution is -2.38. The van der Waals surface area contributed by atoms with Gasteiger partial charge in [0.1, 0.15) is 0 Å². The average Bonchev–Trinajstić information content (AvgIpc) is 2.73. The Morgan fingerprint density at radius 3 is 2.29 bits per heavy atom. The fraction of sp³-hybridized carbons (Fsp3) is 1.00. The van der Waals surface area contributed by atoms with Gasteiger partial charge in [-0.05, 0) is 31.6 Å². The Morgan fingerprint density at radius 1 is 1.07 bits per heavy atom. The fourth-order valence-electron chi connectivity index (χ4n) is 2.99. The molecule has 1 saturated heterocycles. The zero-order chi connectivity index (χ0) is 10.2. The van der Waals surface area contributed by atoms with Gasteiger partial charge in [0.15, 0.2) is 0 Å². The van der Waals surface area contributed by atoms with E-state index in [4.69, 9.17) is 0 Å². The second-order valence-electron chi connectivity index (χ2n) is 4.63. The number of nitrogens with zero attached hydrogens (tertiary/aromatic N) is 1. The molecule has 0 aromatic rings.